The van der Waals surface area contributed by atoms with E-state index in [1.807, 2.05) is 19.0 Å². The summed E-state index contributed by atoms with van der Waals surface area (Å²) in [5.74, 6) is -0.171. The van der Waals surface area contributed by atoms with Crippen LogP contribution in [-0.4, -0.2) is 31.1 Å². The number of nitrogens with zero attached hydrogens (tertiary/aromatic N) is 1. The Balaban J connectivity index is 2.40. The molecule has 86 valence electrons. The molecule has 0 atom stereocenters. The highest BCUT2D eigenvalue weighted by molar-refractivity contribution is 5.87. The van der Waals surface area contributed by atoms with Gasteiger partial charge in [0, 0.05) is 25.9 Å². The molecule has 0 aromatic carbocycles. The molecule has 0 N–H and O–H groups in total. The highest BCUT2D eigenvalue weighted by Gasteiger charge is 2.18. The molecule has 0 radical (unpaired) electrons. The number of hydrogen-bond donors (Lipinski definition) is 0. The van der Waals surface area contributed by atoms with Crippen molar-refractivity contribution in [3.05, 3.63) is 11.8 Å². The van der Waals surface area contributed by atoms with Crippen molar-refractivity contribution in [1.82, 2.24) is 4.90 Å². The minimum Gasteiger partial charge on any atom is -0.459 e. The summed E-state index contributed by atoms with van der Waals surface area (Å²) in [6.07, 6.45) is 7.66. The predicted octanol–water partition coefficient (Wildman–Crippen LogP) is 2.33. The predicted molar refractivity (Wildman–Crippen MR) is 60.4 cm³/mol. The van der Waals surface area contributed by atoms with Crippen LogP contribution < -0.4 is 0 Å². The van der Waals surface area contributed by atoms with E-state index in [9.17, 15) is 4.79 Å². The zero-order valence-electron chi connectivity index (χ0n) is 9.95. The SMILES string of the molecule is CC(=CN(C)C)C(=O)OC1CCCCC1. The van der Waals surface area contributed by atoms with Gasteiger partial charge in [0.15, 0.2) is 0 Å². The van der Waals surface area contributed by atoms with Crippen molar-refractivity contribution >= 4 is 5.97 Å². The molecule has 0 heterocycles. The van der Waals surface area contributed by atoms with Crippen LogP contribution in [0.25, 0.3) is 0 Å². The monoisotopic (exact) mass is 211 g/mol. The lowest BCUT2D eigenvalue weighted by molar-refractivity contribution is -0.145. The molecule has 1 aliphatic rings. The third-order valence-corrected chi connectivity index (χ3v) is 2.60. The van der Waals surface area contributed by atoms with E-state index in [0.717, 1.165) is 12.8 Å². The van der Waals surface area contributed by atoms with Gasteiger partial charge < -0.3 is 9.64 Å². The van der Waals surface area contributed by atoms with Crippen molar-refractivity contribution in [2.75, 3.05) is 14.1 Å². The third kappa shape index (κ3) is 4.36. The van der Waals surface area contributed by atoms with E-state index in [2.05, 4.69) is 0 Å². The Hall–Kier alpha value is -0.990. The molecule has 1 saturated carbocycles. The smallest absolute Gasteiger partial charge is 0.335 e. The summed E-state index contributed by atoms with van der Waals surface area (Å²) in [4.78, 5) is 13.5. The summed E-state index contributed by atoms with van der Waals surface area (Å²) < 4.78 is 5.42. The molecule has 0 aromatic heterocycles. The molecule has 0 amide bonds. The molecule has 3 heteroatoms. The largest absolute Gasteiger partial charge is 0.459 e. The average molecular weight is 211 g/mol. The number of rotatable bonds is 3. The van der Waals surface area contributed by atoms with Gasteiger partial charge >= 0.3 is 5.97 Å². The van der Waals surface area contributed by atoms with E-state index in [1.165, 1.54) is 19.3 Å². The summed E-state index contributed by atoms with van der Waals surface area (Å²) >= 11 is 0. The number of esters is 1. The molecule has 3 nitrogen and oxygen atoms in total. The molecule has 0 spiro atoms. The van der Waals surface area contributed by atoms with Crippen LogP contribution in [0.2, 0.25) is 0 Å². The second-order valence-corrected chi connectivity index (χ2v) is 4.44. The van der Waals surface area contributed by atoms with E-state index >= 15 is 0 Å². The zero-order valence-corrected chi connectivity index (χ0v) is 9.95. The first-order valence-electron chi connectivity index (χ1n) is 5.65. The Morgan fingerprint density at radius 1 is 1.27 bits per heavy atom. The second-order valence-electron chi connectivity index (χ2n) is 4.44. The van der Waals surface area contributed by atoms with Gasteiger partial charge in [-0.25, -0.2) is 4.79 Å². The van der Waals surface area contributed by atoms with Gasteiger partial charge in [0.1, 0.15) is 6.10 Å². The summed E-state index contributed by atoms with van der Waals surface area (Å²) in [6, 6.07) is 0. The molecule has 0 saturated heterocycles. The van der Waals surface area contributed by atoms with Crippen molar-refractivity contribution in [3.8, 4) is 0 Å². The molecular formula is C12H21NO2. The van der Waals surface area contributed by atoms with E-state index in [0.29, 0.717) is 5.57 Å². The first-order valence-corrected chi connectivity index (χ1v) is 5.65. The van der Waals surface area contributed by atoms with Crippen molar-refractivity contribution in [2.45, 2.75) is 45.1 Å². The van der Waals surface area contributed by atoms with Gasteiger partial charge in [0.25, 0.3) is 0 Å². The Morgan fingerprint density at radius 3 is 2.40 bits per heavy atom. The van der Waals surface area contributed by atoms with Gasteiger partial charge in [-0.2, -0.15) is 0 Å². The van der Waals surface area contributed by atoms with Crippen LogP contribution in [0.1, 0.15) is 39.0 Å². The van der Waals surface area contributed by atoms with Gasteiger partial charge in [-0.05, 0) is 32.6 Å². The fourth-order valence-electron chi connectivity index (χ4n) is 1.87. The second kappa shape index (κ2) is 5.79. The Kier molecular flexibility index (Phi) is 4.66. The van der Waals surface area contributed by atoms with Crippen LogP contribution in [-0.2, 0) is 9.53 Å². The number of carbonyl (C=O) groups is 1. The summed E-state index contributed by atoms with van der Waals surface area (Å²) in [5, 5.41) is 0. The topological polar surface area (TPSA) is 29.5 Å². The van der Waals surface area contributed by atoms with E-state index in [1.54, 1.807) is 13.1 Å². The molecule has 0 aliphatic heterocycles. The maximum absolute atomic E-state index is 11.6. The third-order valence-electron chi connectivity index (χ3n) is 2.60. The lowest BCUT2D eigenvalue weighted by atomic mass is 9.98. The van der Waals surface area contributed by atoms with Crippen molar-refractivity contribution < 1.29 is 9.53 Å². The van der Waals surface area contributed by atoms with Gasteiger partial charge in [-0.1, -0.05) is 6.42 Å². The summed E-state index contributed by atoms with van der Waals surface area (Å²) in [5.41, 5.74) is 0.672. The standard InChI is InChI=1S/C12H21NO2/c1-10(9-13(2)3)12(14)15-11-7-5-4-6-8-11/h9,11H,4-8H2,1-3H3. The van der Waals surface area contributed by atoms with Gasteiger partial charge in [-0.3, -0.25) is 0 Å². The molecule has 0 bridgehead atoms. The zero-order chi connectivity index (χ0) is 11.3. The molecular weight excluding hydrogens is 190 g/mol. The molecule has 1 fully saturated rings. The number of ether oxygens (including phenoxy) is 1. The highest BCUT2D eigenvalue weighted by Crippen LogP contribution is 2.21. The Labute approximate surface area is 92.1 Å². The van der Waals surface area contributed by atoms with Gasteiger partial charge in [0.2, 0.25) is 0 Å². The summed E-state index contributed by atoms with van der Waals surface area (Å²) in [6.45, 7) is 1.80. The Morgan fingerprint density at radius 2 is 1.87 bits per heavy atom. The maximum Gasteiger partial charge on any atom is 0.335 e. The molecule has 1 aliphatic carbocycles. The molecule has 1 rings (SSSR count). The fourth-order valence-corrected chi connectivity index (χ4v) is 1.87. The van der Waals surface area contributed by atoms with Crippen molar-refractivity contribution in [2.24, 2.45) is 0 Å². The molecule has 0 aromatic rings. The Bertz CT molecular complexity index is 240. The van der Waals surface area contributed by atoms with Crippen LogP contribution in [0.3, 0.4) is 0 Å². The van der Waals surface area contributed by atoms with E-state index < -0.39 is 0 Å². The van der Waals surface area contributed by atoms with Crippen molar-refractivity contribution in [1.29, 1.82) is 0 Å². The highest BCUT2D eigenvalue weighted by atomic mass is 16.5. The van der Waals surface area contributed by atoms with Gasteiger partial charge in [-0.15, -0.1) is 0 Å². The first kappa shape index (κ1) is 12.1. The van der Waals surface area contributed by atoms with Crippen LogP contribution in [0.4, 0.5) is 0 Å². The number of hydrogen-bond acceptors (Lipinski definition) is 3. The average Bonchev–Trinajstić information content (AvgIpc) is 2.18. The normalized spacial score (nSPS) is 18.7. The lowest BCUT2D eigenvalue weighted by Crippen LogP contribution is -2.22. The lowest BCUT2D eigenvalue weighted by Gasteiger charge is -2.22. The van der Waals surface area contributed by atoms with Crippen LogP contribution >= 0.6 is 0 Å². The molecule has 15 heavy (non-hydrogen) atoms. The summed E-state index contributed by atoms with van der Waals surface area (Å²) in [7, 11) is 3.80. The van der Waals surface area contributed by atoms with E-state index in [-0.39, 0.29) is 12.1 Å². The fraction of sp³-hybridized carbons (Fsp3) is 0.750. The van der Waals surface area contributed by atoms with Crippen LogP contribution in [0, 0.1) is 0 Å². The van der Waals surface area contributed by atoms with Crippen LogP contribution in [0.5, 0.6) is 0 Å². The minimum absolute atomic E-state index is 0.150. The number of carbonyl (C=O) groups excluding carboxylic acids is 1. The van der Waals surface area contributed by atoms with Gasteiger partial charge in [0.05, 0.1) is 0 Å². The first-order chi connectivity index (χ1) is 7.09. The van der Waals surface area contributed by atoms with E-state index in [4.69, 9.17) is 4.74 Å². The maximum atomic E-state index is 11.6. The minimum atomic E-state index is -0.171. The van der Waals surface area contributed by atoms with Crippen LogP contribution in [0.15, 0.2) is 11.8 Å². The molecule has 0 unspecified atom stereocenters. The quantitative estimate of drug-likeness (QED) is 0.530. The van der Waals surface area contributed by atoms with Crippen molar-refractivity contribution in [3.63, 3.8) is 0 Å².